The van der Waals surface area contributed by atoms with Crippen LogP contribution in [-0.2, 0) is 9.53 Å². The molecule has 0 aliphatic rings. The van der Waals surface area contributed by atoms with Crippen LogP contribution in [0.5, 0.6) is 0 Å². The summed E-state index contributed by atoms with van der Waals surface area (Å²) < 4.78 is 4.89. The quantitative estimate of drug-likeness (QED) is 0.369. The number of ether oxygens (including phenoxy) is 1. The van der Waals surface area contributed by atoms with E-state index in [1.54, 1.807) is 6.92 Å². The molecule has 2 aromatic rings. The highest BCUT2D eigenvalue weighted by molar-refractivity contribution is 6.02. The first kappa shape index (κ1) is 21.3. The average Bonchev–Trinajstić information content (AvgIpc) is 2.72. The van der Waals surface area contributed by atoms with E-state index < -0.39 is 5.97 Å². The van der Waals surface area contributed by atoms with Crippen molar-refractivity contribution in [1.29, 1.82) is 5.26 Å². The maximum atomic E-state index is 11.8. The first-order valence-corrected chi connectivity index (χ1v) is 9.66. The molecule has 2 aromatic carbocycles. The minimum atomic E-state index is -0.628. The molecule has 0 heterocycles. The third-order valence-electron chi connectivity index (χ3n) is 4.55. The van der Waals surface area contributed by atoms with Gasteiger partial charge in [-0.3, -0.25) is 0 Å². The largest absolute Gasteiger partial charge is 0.462 e. The van der Waals surface area contributed by atoms with Crippen molar-refractivity contribution in [2.45, 2.75) is 20.8 Å². The summed E-state index contributed by atoms with van der Waals surface area (Å²) >= 11 is 0. The molecule has 0 bridgehead atoms. The number of fused-ring (bicyclic) bond motifs is 1. The highest BCUT2D eigenvalue weighted by Crippen LogP contribution is 2.30. The van der Waals surface area contributed by atoms with Crippen LogP contribution in [0.1, 0.15) is 20.8 Å². The lowest BCUT2D eigenvalue weighted by Crippen LogP contribution is -2.28. The molecule has 0 aliphatic heterocycles. The van der Waals surface area contributed by atoms with Crippen LogP contribution in [-0.4, -0.2) is 43.7 Å². The monoisotopic (exact) mass is 380 g/mol. The number of nitrogens with one attached hydrogen (secondary N) is 2. The van der Waals surface area contributed by atoms with Gasteiger partial charge in [-0.2, -0.15) is 5.26 Å². The molecule has 0 spiro atoms. The average molecular weight is 380 g/mol. The van der Waals surface area contributed by atoms with Gasteiger partial charge in [0.1, 0.15) is 6.07 Å². The van der Waals surface area contributed by atoms with Gasteiger partial charge >= 0.3 is 5.97 Å². The Hall–Kier alpha value is -3.04. The summed E-state index contributed by atoms with van der Waals surface area (Å²) in [7, 11) is 0. The number of esters is 1. The molecule has 6 heteroatoms. The molecule has 2 N–H and O–H groups in total. The molecule has 0 saturated heterocycles. The maximum absolute atomic E-state index is 11.8. The summed E-state index contributed by atoms with van der Waals surface area (Å²) in [6.07, 6.45) is 1.40. The number of hydrogen-bond acceptors (Lipinski definition) is 6. The van der Waals surface area contributed by atoms with Gasteiger partial charge in [0.05, 0.1) is 6.61 Å². The Kier molecular flexibility index (Phi) is 8.32. The van der Waals surface area contributed by atoms with Gasteiger partial charge in [0.25, 0.3) is 0 Å². The van der Waals surface area contributed by atoms with Gasteiger partial charge < -0.3 is 20.3 Å². The number of anilines is 2. The Labute approximate surface area is 166 Å². The molecular formula is C22H28N4O2. The van der Waals surface area contributed by atoms with E-state index >= 15 is 0 Å². The number of nitriles is 1. The number of likely N-dealkylation sites (N-methyl/N-ethyl adjacent to an activating group) is 1. The van der Waals surface area contributed by atoms with Crippen molar-refractivity contribution >= 4 is 28.1 Å². The fourth-order valence-electron chi connectivity index (χ4n) is 2.96. The molecule has 0 amide bonds. The number of benzene rings is 2. The van der Waals surface area contributed by atoms with Crippen molar-refractivity contribution in [1.82, 2.24) is 4.90 Å². The second-order valence-corrected chi connectivity index (χ2v) is 6.19. The van der Waals surface area contributed by atoms with Crippen LogP contribution in [0.15, 0.2) is 48.2 Å². The highest BCUT2D eigenvalue weighted by atomic mass is 16.5. The SMILES string of the molecule is CCOC(=O)/C(C#N)=C/Nc1ccc(NCCN(CC)CC)c2ccccc12. The zero-order valence-electron chi connectivity index (χ0n) is 16.8. The van der Waals surface area contributed by atoms with Gasteiger partial charge in [0.15, 0.2) is 5.57 Å². The second-order valence-electron chi connectivity index (χ2n) is 6.19. The summed E-state index contributed by atoms with van der Waals surface area (Å²) in [4.78, 5) is 14.1. The Morgan fingerprint density at radius 2 is 1.75 bits per heavy atom. The molecule has 6 nitrogen and oxygen atoms in total. The topological polar surface area (TPSA) is 77.4 Å². The second kappa shape index (κ2) is 11.0. The molecule has 148 valence electrons. The highest BCUT2D eigenvalue weighted by Gasteiger charge is 2.10. The zero-order chi connectivity index (χ0) is 20.4. The number of carbonyl (C=O) groups is 1. The van der Waals surface area contributed by atoms with Gasteiger partial charge in [-0.05, 0) is 32.1 Å². The normalized spacial score (nSPS) is 11.3. The molecule has 0 aromatic heterocycles. The van der Waals surface area contributed by atoms with E-state index in [1.165, 1.54) is 6.20 Å². The van der Waals surface area contributed by atoms with Crippen molar-refractivity contribution in [3.63, 3.8) is 0 Å². The van der Waals surface area contributed by atoms with E-state index in [-0.39, 0.29) is 12.2 Å². The summed E-state index contributed by atoms with van der Waals surface area (Å²) in [5, 5.41) is 17.8. The van der Waals surface area contributed by atoms with E-state index in [0.717, 1.165) is 48.3 Å². The van der Waals surface area contributed by atoms with Crippen LogP contribution in [0, 0.1) is 11.3 Å². The predicted molar refractivity (Wildman–Crippen MR) is 114 cm³/mol. The van der Waals surface area contributed by atoms with E-state index in [1.807, 2.05) is 36.4 Å². The van der Waals surface area contributed by atoms with Crippen molar-refractivity contribution < 1.29 is 9.53 Å². The van der Waals surface area contributed by atoms with Gasteiger partial charge in [-0.1, -0.05) is 38.1 Å². The third kappa shape index (κ3) is 5.48. The summed E-state index contributed by atoms with van der Waals surface area (Å²) in [5.41, 5.74) is 1.82. The molecule has 0 radical (unpaired) electrons. The summed E-state index contributed by atoms with van der Waals surface area (Å²) in [5.74, 6) is -0.628. The third-order valence-corrected chi connectivity index (χ3v) is 4.55. The molecule has 0 unspecified atom stereocenters. The number of nitrogens with zero attached hydrogens (tertiary/aromatic N) is 2. The minimum absolute atomic E-state index is 0.0626. The number of rotatable bonds is 10. The standard InChI is InChI=1S/C22H28N4O2/c1-4-26(5-2)14-13-24-20-11-12-21(19-10-8-7-9-18(19)20)25-16-17(15-23)22(27)28-6-3/h7-12,16,24-25H,4-6,13-14H2,1-3H3/b17-16+. The molecule has 0 atom stereocenters. The van der Waals surface area contributed by atoms with Crippen LogP contribution in [0.25, 0.3) is 10.8 Å². The molecule has 0 saturated carbocycles. The minimum Gasteiger partial charge on any atom is -0.462 e. The Balaban J connectivity index is 2.21. The fourth-order valence-corrected chi connectivity index (χ4v) is 2.96. The maximum Gasteiger partial charge on any atom is 0.350 e. The van der Waals surface area contributed by atoms with Crippen molar-refractivity contribution in [3.8, 4) is 6.07 Å². The number of hydrogen-bond donors (Lipinski definition) is 2. The van der Waals surface area contributed by atoms with Crippen LogP contribution >= 0.6 is 0 Å². The van der Waals surface area contributed by atoms with Crippen molar-refractivity contribution in [2.24, 2.45) is 0 Å². The van der Waals surface area contributed by atoms with Gasteiger partial charge in [0, 0.05) is 41.4 Å². The molecular weight excluding hydrogens is 352 g/mol. The molecule has 0 fully saturated rings. The summed E-state index contributed by atoms with van der Waals surface area (Å²) in [6.45, 7) is 10.2. The Morgan fingerprint density at radius 1 is 1.11 bits per heavy atom. The van der Waals surface area contributed by atoms with E-state index in [4.69, 9.17) is 10.00 Å². The zero-order valence-corrected chi connectivity index (χ0v) is 16.8. The van der Waals surface area contributed by atoms with E-state index in [2.05, 4.69) is 35.4 Å². The van der Waals surface area contributed by atoms with Crippen LogP contribution < -0.4 is 10.6 Å². The first-order valence-electron chi connectivity index (χ1n) is 9.66. The van der Waals surface area contributed by atoms with Crippen LogP contribution in [0.3, 0.4) is 0 Å². The van der Waals surface area contributed by atoms with Crippen LogP contribution in [0.4, 0.5) is 11.4 Å². The van der Waals surface area contributed by atoms with Gasteiger partial charge in [-0.25, -0.2) is 4.79 Å². The molecule has 28 heavy (non-hydrogen) atoms. The van der Waals surface area contributed by atoms with E-state index in [0.29, 0.717) is 0 Å². The predicted octanol–water partition coefficient (Wildman–Crippen LogP) is 3.98. The molecule has 2 rings (SSSR count). The Bertz CT molecular complexity index is 866. The lowest BCUT2D eigenvalue weighted by atomic mass is 10.1. The first-order chi connectivity index (χ1) is 13.6. The summed E-state index contributed by atoms with van der Waals surface area (Å²) in [6, 6.07) is 13.9. The fraction of sp³-hybridized carbons (Fsp3) is 0.364. The van der Waals surface area contributed by atoms with Crippen molar-refractivity contribution in [2.75, 3.05) is 43.4 Å². The van der Waals surface area contributed by atoms with Crippen LogP contribution in [0.2, 0.25) is 0 Å². The van der Waals surface area contributed by atoms with E-state index in [9.17, 15) is 4.79 Å². The van der Waals surface area contributed by atoms with Crippen molar-refractivity contribution in [3.05, 3.63) is 48.2 Å². The Morgan fingerprint density at radius 3 is 2.36 bits per heavy atom. The smallest absolute Gasteiger partial charge is 0.350 e. The number of carbonyl (C=O) groups excluding carboxylic acids is 1. The lowest BCUT2D eigenvalue weighted by molar-refractivity contribution is -0.138. The van der Waals surface area contributed by atoms with Gasteiger partial charge in [-0.15, -0.1) is 0 Å². The van der Waals surface area contributed by atoms with Gasteiger partial charge in [0.2, 0.25) is 0 Å². The molecule has 0 aliphatic carbocycles. The lowest BCUT2D eigenvalue weighted by Gasteiger charge is -2.19.